The van der Waals surface area contributed by atoms with Crippen molar-refractivity contribution in [3.63, 3.8) is 0 Å². The predicted molar refractivity (Wildman–Crippen MR) is 133 cm³/mol. The first-order valence-electron chi connectivity index (χ1n) is 11.6. The van der Waals surface area contributed by atoms with Gasteiger partial charge in [0, 0.05) is 26.7 Å². The van der Waals surface area contributed by atoms with Crippen molar-refractivity contribution in [3.05, 3.63) is 75.9 Å². The topological polar surface area (TPSA) is 62.7 Å². The molecule has 0 spiro atoms. The summed E-state index contributed by atoms with van der Waals surface area (Å²) >= 11 is 0. The molecular formula is C27H30N4O2. The molecular weight excluding hydrogens is 412 g/mol. The number of hydrogen-bond donors (Lipinski definition) is 1. The predicted octanol–water partition coefficient (Wildman–Crippen LogP) is 4.83. The molecule has 0 unspecified atom stereocenters. The van der Waals surface area contributed by atoms with Crippen molar-refractivity contribution >= 4 is 11.6 Å². The quantitative estimate of drug-likeness (QED) is 0.556. The minimum Gasteiger partial charge on any atom is -0.396 e. The number of aliphatic hydroxyl groups excluding tert-OH is 1. The van der Waals surface area contributed by atoms with Crippen molar-refractivity contribution in [1.82, 2.24) is 9.55 Å². The van der Waals surface area contributed by atoms with Crippen LogP contribution in [-0.2, 0) is 13.5 Å². The minimum atomic E-state index is -0.0863. The highest BCUT2D eigenvalue weighted by Gasteiger charge is 2.24. The minimum absolute atomic E-state index is 0.0863. The maximum absolute atomic E-state index is 13.7. The molecule has 0 bridgehead atoms. The van der Waals surface area contributed by atoms with E-state index in [1.807, 2.05) is 36.4 Å². The fourth-order valence-corrected chi connectivity index (χ4v) is 4.54. The van der Waals surface area contributed by atoms with Crippen LogP contribution < -0.4 is 10.5 Å². The van der Waals surface area contributed by atoms with E-state index in [1.54, 1.807) is 23.7 Å². The summed E-state index contributed by atoms with van der Waals surface area (Å²) < 4.78 is 1.67. The number of aromatic nitrogens is 2. The molecule has 1 aliphatic heterocycles. The summed E-state index contributed by atoms with van der Waals surface area (Å²) in [5, 5.41) is 9.22. The number of piperidine rings is 1. The Hall–Kier alpha value is -3.43. The van der Waals surface area contributed by atoms with Crippen LogP contribution in [0.2, 0.25) is 0 Å². The second-order valence-electron chi connectivity index (χ2n) is 8.67. The van der Waals surface area contributed by atoms with Crippen LogP contribution in [0.1, 0.15) is 31.7 Å². The van der Waals surface area contributed by atoms with E-state index < -0.39 is 0 Å². The van der Waals surface area contributed by atoms with Gasteiger partial charge in [-0.05, 0) is 41.9 Å². The Labute approximate surface area is 195 Å². The summed E-state index contributed by atoms with van der Waals surface area (Å²) in [7, 11) is 1.80. The van der Waals surface area contributed by atoms with Crippen molar-refractivity contribution in [2.75, 3.05) is 24.6 Å². The number of aliphatic hydroxyl groups is 1. The van der Waals surface area contributed by atoms with Crippen LogP contribution >= 0.6 is 0 Å². The van der Waals surface area contributed by atoms with Crippen molar-refractivity contribution < 1.29 is 5.11 Å². The summed E-state index contributed by atoms with van der Waals surface area (Å²) in [5.41, 5.74) is 4.29. The Bertz CT molecular complexity index is 1200. The summed E-state index contributed by atoms with van der Waals surface area (Å²) in [6.45, 7) is 11.4. The highest BCUT2D eigenvalue weighted by atomic mass is 16.3. The molecule has 6 heteroatoms. The van der Waals surface area contributed by atoms with Crippen LogP contribution in [0.3, 0.4) is 0 Å². The van der Waals surface area contributed by atoms with Gasteiger partial charge in [-0.25, -0.2) is 9.83 Å². The van der Waals surface area contributed by atoms with E-state index in [9.17, 15) is 9.90 Å². The molecule has 4 rings (SSSR count). The number of anilines is 1. The average Bonchev–Trinajstić information content (AvgIpc) is 2.86. The van der Waals surface area contributed by atoms with Gasteiger partial charge in [-0.3, -0.25) is 9.36 Å². The third kappa shape index (κ3) is 4.69. The van der Waals surface area contributed by atoms with Crippen molar-refractivity contribution in [3.8, 4) is 22.4 Å². The fourth-order valence-electron chi connectivity index (χ4n) is 4.54. The maximum Gasteiger partial charge on any atom is 0.263 e. The van der Waals surface area contributed by atoms with E-state index in [4.69, 9.17) is 11.6 Å². The monoisotopic (exact) mass is 442 g/mol. The molecule has 1 fully saturated rings. The lowest BCUT2D eigenvalue weighted by atomic mass is 9.94. The van der Waals surface area contributed by atoms with Gasteiger partial charge < -0.3 is 10.0 Å². The molecule has 2 heterocycles. The first-order valence-corrected chi connectivity index (χ1v) is 11.6. The molecule has 170 valence electrons. The maximum atomic E-state index is 13.7. The summed E-state index contributed by atoms with van der Waals surface area (Å²) in [4.78, 5) is 24.4. The summed E-state index contributed by atoms with van der Waals surface area (Å²) in [6, 6.07) is 15.0. The molecule has 33 heavy (non-hydrogen) atoms. The molecule has 0 saturated carbocycles. The second kappa shape index (κ2) is 10.0. The Morgan fingerprint density at radius 1 is 1.06 bits per heavy atom. The molecule has 2 aromatic carbocycles. The van der Waals surface area contributed by atoms with E-state index in [0.29, 0.717) is 29.3 Å². The smallest absolute Gasteiger partial charge is 0.263 e. The SMILES string of the molecule is [C-]#[N+]c1ccc(-c2nc(N3CCC(CC)CC3)n(C)c(=O)c2-c2ccc(CCO)cc2)cc1. The van der Waals surface area contributed by atoms with Crippen molar-refractivity contribution in [2.45, 2.75) is 32.6 Å². The molecule has 1 N–H and O–H groups in total. The van der Waals surface area contributed by atoms with E-state index in [1.165, 1.54) is 6.42 Å². The normalized spacial score (nSPS) is 14.3. The first-order chi connectivity index (χ1) is 16.0. The van der Waals surface area contributed by atoms with Crippen LogP contribution in [0, 0.1) is 12.5 Å². The molecule has 1 saturated heterocycles. The van der Waals surface area contributed by atoms with E-state index in [0.717, 1.165) is 48.5 Å². The van der Waals surface area contributed by atoms with E-state index >= 15 is 0 Å². The third-order valence-electron chi connectivity index (χ3n) is 6.65. The number of rotatable bonds is 6. The standard InChI is InChI=1S/C27H30N4O2/c1-4-19-13-16-31(17-14-19)27-29-25(22-9-11-23(28-2)12-10-22)24(26(33)30(27)3)21-7-5-20(6-8-21)15-18-32/h5-12,19,32H,4,13-18H2,1,3H3. The van der Waals surface area contributed by atoms with E-state index in [-0.39, 0.29) is 12.2 Å². The molecule has 0 aliphatic carbocycles. The van der Waals surface area contributed by atoms with Gasteiger partial charge in [-0.1, -0.05) is 61.9 Å². The van der Waals surface area contributed by atoms with Crippen LogP contribution in [0.4, 0.5) is 11.6 Å². The number of benzene rings is 2. The molecule has 0 amide bonds. The van der Waals surface area contributed by atoms with Crippen LogP contribution in [0.15, 0.2) is 53.3 Å². The molecule has 0 radical (unpaired) electrons. The lowest BCUT2D eigenvalue weighted by Crippen LogP contribution is -2.38. The van der Waals surface area contributed by atoms with Gasteiger partial charge >= 0.3 is 0 Å². The highest BCUT2D eigenvalue weighted by Crippen LogP contribution is 2.32. The van der Waals surface area contributed by atoms with Gasteiger partial charge in [0.05, 0.1) is 17.8 Å². The Morgan fingerprint density at radius 3 is 2.27 bits per heavy atom. The summed E-state index contributed by atoms with van der Waals surface area (Å²) in [6.07, 6.45) is 3.98. The van der Waals surface area contributed by atoms with Crippen LogP contribution in [0.5, 0.6) is 0 Å². The van der Waals surface area contributed by atoms with Gasteiger partial charge in [-0.2, -0.15) is 0 Å². The molecule has 3 aromatic rings. The fraction of sp³-hybridized carbons (Fsp3) is 0.370. The average molecular weight is 443 g/mol. The van der Waals surface area contributed by atoms with Gasteiger partial charge in [0.2, 0.25) is 5.95 Å². The number of hydrogen-bond acceptors (Lipinski definition) is 4. The summed E-state index contributed by atoms with van der Waals surface area (Å²) in [5.74, 6) is 1.43. The lowest BCUT2D eigenvalue weighted by molar-refractivity contribution is 0.299. The molecule has 0 atom stereocenters. The van der Waals surface area contributed by atoms with Gasteiger partial charge in [0.1, 0.15) is 0 Å². The third-order valence-corrected chi connectivity index (χ3v) is 6.65. The zero-order valence-electron chi connectivity index (χ0n) is 19.3. The van der Waals surface area contributed by atoms with E-state index in [2.05, 4.69) is 16.7 Å². The molecule has 6 nitrogen and oxygen atoms in total. The van der Waals surface area contributed by atoms with Crippen molar-refractivity contribution in [2.24, 2.45) is 13.0 Å². The molecule has 1 aromatic heterocycles. The van der Waals surface area contributed by atoms with Gasteiger partial charge in [-0.15, -0.1) is 0 Å². The van der Waals surface area contributed by atoms with Gasteiger partial charge in [0.25, 0.3) is 5.56 Å². The Balaban J connectivity index is 1.85. The highest BCUT2D eigenvalue weighted by molar-refractivity contribution is 5.81. The zero-order valence-corrected chi connectivity index (χ0v) is 19.3. The Kier molecular flexibility index (Phi) is 6.90. The lowest BCUT2D eigenvalue weighted by Gasteiger charge is -2.33. The number of nitrogens with zero attached hydrogens (tertiary/aromatic N) is 4. The van der Waals surface area contributed by atoms with Gasteiger partial charge in [0.15, 0.2) is 5.69 Å². The second-order valence-corrected chi connectivity index (χ2v) is 8.67. The van der Waals surface area contributed by atoms with Crippen molar-refractivity contribution in [1.29, 1.82) is 0 Å². The Morgan fingerprint density at radius 2 is 1.70 bits per heavy atom. The zero-order chi connectivity index (χ0) is 23.4. The van der Waals surface area contributed by atoms with Crippen LogP contribution in [0.25, 0.3) is 27.2 Å². The van der Waals surface area contributed by atoms with Crippen LogP contribution in [-0.4, -0.2) is 34.4 Å². The largest absolute Gasteiger partial charge is 0.396 e. The first kappa shape index (κ1) is 22.8. The molecule has 1 aliphatic rings.